The first-order chi connectivity index (χ1) is 10.3. The van der Waals surface area contributed by atoms with Gasteiger partial charge in [0.15, 0.2) is 0 Å². The van der Waals surface area contributed by atoms with Crippen LogP contribution in [0.5, 0.6) is 5.75 Å². The molecular weight excluding hydrogens is 256 g/mol. The van der Waals surface area contributed by atoms with E-state index in [1.807, 2.05) is 18.2 Å². The lowest BCUT2D eigenvalue weighted by atomic mass is 10.1. The maximum atomic E-state index is 5.84. The van der Waals surface area contributed by atoms with Crippen molar-refractivity contribution in [2.45, 2.75) is 45.4 Å². The highest BCUT2D eigenvalue weighted by Gasteiger charge is 1.99. The first-order valence-electron chi connectivity index (χ1n) is 7.96. The summed E-state index contributed by atoms with van der Waals surface area (Å²) < 4.78 is 5.84. The van der Waals surface area contributed by atoms with E-state index in [2.05, 4.69) is 31.0 Å². The third kappa shape index (κ3) is 4.83. The first kappa shape index (κ1) is 15.4. The van der Waals surface area contributed by atoms with E-state index < -0.39 is 0 Å². The number of terminal acetylenes is 1. The molecule has 110 valence electrons. The van der Waals surface area contributed by atoms with E-state index >= 15 is 0 Å². The molecule has 0 saturated heterocycles. The van der Waals surface area contributed by atoms with Crippen molar-refractivity contribution < 1.29 is 4.74 Å². The van der Waals surface area contributed by atoms with Crippen LogP contribution >= 0.6 is 0 Å². The van der Waals surface area contributed by atoms with Gasteiger partial charge in [-0.2, -0.15) is 0 Å². The summed E-state index contributed by atoms with van der Waals surface area (Å²) in [5.41, 5.74) is 0.920. The molecule has 2 aromatic carbocycles. The third-order valence-corrected chi connectivity index (χ3v) is 3.74. The molecule has 0 saturated carbocycles. The van der Waals surface area contributed by atoms with E-state index in [0.717, 1.165) is 29.7 Å². The van der Waals surface area contributed by atoms with Gasteiger partial charge in [-0.3, -0.25) is 0 Å². The van der Waals surface area contributed by atoms with Gasteiger partial charge >= 0.3 is 0 Å². The van der Waals surface area contributed by atoms with Crippen molar-refractivity contribution in [3.05, 3.63) is 42.0 Å². The molecule has 0 heterocycles. The molecule has 0 bridgehead atoms. The Morgan fingerprint density at radius 1 is 0.905 bits per heavy atom. The SMILES string of the molecule is C#Cc1ccc2cc(OCCCCCCCC)ccc2c1. The highest BCUT2D eigenvalue weighted by Crippen LogP contribution is 2.22. The van der Waals surface area contributed by atoms with Crippen LogP contribution in [-0.4, -0.2) is 6.61 Å². The number of rotatable bonds is 8. The predicted octanol–water partition coefficient (Wildman–Crippen LogP) is 5.56. The van der Waals surface area contributed by atoms with E-state index in [1.165, 1.54) is 37.5 Å². The monoisotopic (exact) mass is 280 g/mol. The lowest BCUT2D eigenvalue weighted by Crippen LogP contribution is -1.97. The second kappa shape index (κ2) is 8.37. The van der Waals surface area contributed by atoms with Gasteiger partial charge < -0.3 is 4.74 Å². The normalized spacial score (nSPS) is 10.5. The average Bonchev–Trinajstić information content (AvgIpc) is 2.53. The fourth-order valence-electron chi connectivity index (χ4n) is 2.48. The van der Waals surface area contributed by atoms with Gasteiger partial charge in [0.25, 0.3) is 0 Å². The molecule has 0 fully saturated rings. The molecule has 0 unspecified atom stereocenters. The zero-order valence-electron chi connectivity index (χ0n) is 12.9. The van der Waals surface area contributed by atoms with Crippen molar-refractivity contribution in [1.82, 2.24) is 0 Å². The highest BCUT2D eigenvalue weighted by atomic mass is 16.5. The standard InChI is InChI=1S/C20H24O/c1-3-5-6-7-8-9-14-21-20-13-12-18-15-17(4-2)10-11-19(18)16-20/h2,10-13,15-16H,3,5-9,14H2,1H3. The molecule has 0 amide bonds. The maximum Gasteiger partial charge on any atom is 0.119 e. The Morgan fingerprint density at radius 3 is 2.43 bits per heavy atom. The zero-order valence-corrected chi connectivity index (χ0v) is 12.9. The van der Waals surface area contributed by atoms with E-state index in [4.69, 9.17) is 11.2 Å². The molecule has 2 rings (SSSR count). The van der Waals surface area contributed by atoms with Crippen LogP contribution < -0.4 is 4.74 Å². The van der Waals surface area contributed by atoms with Gasteiger partial charge in [0.1, 0.15) is 5.75 Å². The fourth-order valence-corrected chi connectivity index (χ4v) is 2.48. The second-order valence-electron chi connectivity index (χ2n) is 5.48. The van der Waals surface area contributed by atoms with Crippen LogP contribution in [0, 0.1) is 12.3 Å². The van der Waals surface area contributed by atoms with E-state index in [1.54, 1.807) is 0 Å². The number of hydrogen-bond donors (Lipinski definition) is 0. The van der Waals surface area contributed by atoms with Crippen LogP contribution in [0.15, 0.2) is 36.4 Å². The Bertz CT molecular complexity index is 607. The number of hydrogen-bond acceptors (Lipinski definition) is 1. The Labute approximate surface area is 128 Å². The average molecular weight is 280 g/mol. The molecule has 21 heavy (non-hydrogen) atoms. The number of fused-ring (bicyclic) bond motifs is 1. The quantitative estimate of drug-likeness (QED) is 0.454. The fraction of sp³-hybridized carbons (Fsp3) is 0.400. The summed E-state index contributed by atoms with van der Waals surface area (Å²) in [5, 5.41) is 2.34. The summed E-state index contributed by atoms with van der Waals surface area (Å²) in [5.74, 6) is 3.61. The zero-order chi connectivity index (χ0) is 14.9. The van der Waals surface area contributed by atoms with Gasteiger partial charge in [-0.15, -0.1) is 6.42 Å². The Kier molecular flexibility index (Phi) is 6.16. The third-order valence-electron chi connectivity index (χ3n) is 3.74. The lowest BCUT2D eigenvalue weighted by molar-refractivity contribution is 0.305. The summed E-state index contributed by atoms with van der Waals surface area (Å²) in [7, 11) is 0. The van der Waals surface area contributed by atoms with Gasteiger partial charge in [-0.1, -0.05) is 57.1 Å². The number of ether oxygens (including phenoxy) is 1. The molecule has 0 aliphatic carbocycles. The highest BCUT2D eigenvalue weighted by molar-refractivity contribution is 5.85. The van der Waals surface area contributed by atoms with Crippen molar-refractivity contribution in [3.8, 4) is 18.1 Å². The first-order valence-corrected chi connectivity index (χ1v) is 7.96. The second-order valence-corrected chi connectivity index (χ2v) is 5.48. The molecule has 0 aromatic heterocycles. The van der Waals surface area contributed by atoms with Crippen molar-refractivity contribution in [2.24, 2.45) is 0 Å². The summed E-state index contributed by atoms with van der Waals surface area (Å²) in [6.45, 7) is 3.05. The summed E-state index contributed by atoms with van der Waals surface area (Å²) in [6.07, 6.45) is 13.1. The van der Waals surface area contributed by atoms with Gasteiger partial charge in [0, 0.05) is 5.56 Å². The van der Waals surface area contributed by atoms with Crippen LogP contribution in [0.1, 0.15) is 51.0 Å². The van der Waals surface area contributed by atoms with E-state index in [-0.39, 0.29) is 0 Å². The van der Waals surface area contributed by atoms with Gasteiger partial charge in [0.05, 0.1) is 6.61 Å². The topological polar surface area (TPSA) is 9.23 Å². The number of benzene rings is 2. The summed E-state index contributed by atoms with van der Waals surface area (Å²) >= 11 is 0. The molecule has 0 N–H and O–H groups in total. The molecule has 0 aliphatic rings. The van der Waals surface area contributed by atoms with Gasteiger partial charge in [-0.25, -0.2) is 0 Å². The summed E-state index contributed by atoms with van der Waals surface area (Å²) in [6, 6.07) is 12.3. The molecule has 1 heteroatoms. The van der Waals surface area contributed by atoms with E-state index in [0.29, 0.717) is 0 Å². The minimum Gasteiger partial charge on any atom is -0.494 e. The summed E-state index contributed by atoms with van der Waals surface area (Å²) in [4.78, 5) is 0. The minimum atomic E-state index is 0.806. The minimum absolute atomic E-state index is 0.806. The lowest BCUT2D eigenvalue weighted by Gasteiger charge is -2.07. The van der Waals surface area contributed by atoms with Crippen molar-refractivity contribution >= 4 is 10.8 Å². The van der Waals surface area contributed by atoms with Crippen LogP contribution in [0.3, 0.4) is 0 Å². The van der Waals surface area contributed by atoms with Crippen LogP contribution in [0.4, 0.5) is 0 Å². The van der Waals surface area contributed by atoms with Crippen molar-refractivity contribution in [1.29, 1.82) is 0 Å². The molecule has 0 aliphatic heterocycles. The largest absolute Gasteiger partial charge is 0.494 e. The van der Waals surface area contributed by atoms with Crippen LogP contribution in [0.2, 0.25) is 0 Å². The molecule has 0 atom stereocenters. The van der Waals surface area contributed by atoms with E-state index in [9.17, 15) is 0 Å². The molecule has 2 aromatic rings. The van der Waals surface area contributed by atoms with Crippen LogP contribution in [0.25, 0.3) is 10.8 Å². The molecular formula is C20H24O. The Morgan fingerprint density at radius 2 is 1.62 bits per heavy atom. The Hall–Kier alpha value is -1.94. The Balaban J connectivity index is 1.82. The molecule has 0 spiro atoms. The smallest absolute Gasteiger partial charge is 0.119 e. The predicted molar refractivity (Wildman–Crippen MR) is 90.8 cm³/mol. The van der Waals surface area contributed by atoms with Gasteiger partial charge in [-0.05, 0) is 41.5 Å². The van der Waals surface area contributed by atoms with Crippen molar-refractivity contribution in [2.75, 3.05) is 6.61 Å². The maximum absolute atomic E-state index is 5.84. The van der Waals surface area contributed by atoms with Crippen molar-refractivity contribution in [3.63, 3.8) is 0 Å². The molecule has 1 nitrogen and oxygen atoms in total. The van der Waals surface area contributed by atoms with Crippen LogP contribution in [-0.2, 0) is 0 Å². The molecule has 0 radical (unpaired) electrons. The number of unbranched alkanes of at least 4 members (excludes halogenated alkanes) is 5. The van der Waals surface area contributed by atoms with Gasteiger partial charge in [0.2, 0.25) is 0 Å².